The summed E-state index contributed by atoms with van der Waals surface area (Å²) >= 11 is 0. The molecule has 0 radical (unpaired) electrons. The number of nitrogens with one attached hydrogen (secondary N) is 1. The van der Waals surface area contributed by atoms with Crippen LogP contribution in [0.2, 0.25) is 0 Å². The van der Waals surface area contributed by atoms with Crippen molar-refractivity contribution in [3.63, 3.8) is 0 Å². The molecule has 1 fully saturated rings. The minimum Gasteiger partial charge on any atom is -0.304 e. The van der Waals surface area contributed by atoms with Gasteiger partial charge in [0.15, 0.2) is 0 Å². The van der Waals surface area contributed by atoms with Crippen LogP contribution in [-0.4, -0.2) is 12.1 Å². The van der Waals surface area contributed by atoms with Gasteiger partial charge in [-0.25, -0.2) is 0 Å². The highest BCUT2D eigenvalue weighted by atomic mass is 15.0. The summed E-state index contributed by atoms with van der Waals surface area (Å²) in [5, 5.41) is 3.84. The monoisotopic (exact) mass is 263 g/mol. The van der Waals surface area contributed by atoms with E-state index in [4.69, 9.17) is 0 Å². The van der Waals surface area contributed by atoms with Crippen LogP contribution in [-0.2, 0) is 0 Å². The maximum absolute atomic E-state index is 3.84. The first-order valence-corrected chi connectivity index (χ1v) is 8.84. The predicted molar refractivity (Wildman–Crippen MR) is 84.5 cm³/mol. The third-order valence-corrected chi connectivity index (χ3v) is 5.00. The molecule has 2 rings (SSSR count). The fourth-order valence-electron chi connectivity index (χ4n) is 3.89. The number of rotatable bonds is 10. The second-order valence-electron chi connectivity index (χ2n) is 6.52. The first-order valence-electron chi connectivity index (χ1n) is 8.84. The summed E-state index contributed by atoms with van der Waals surface area (Å²) in [6.45, 7) is 4.61. The second kappa shape index (κ2) is 8.09. The summed E-state index contributed by atoms with van der Waals surface area (Å²) in [6, 6.07) is 1.54. The van der Waals surface area contributed by atoms with Crippen LogP contribution in [0.4, 0.5) is 0 Å². The smallest absolute Gasteiger partial charge is 0.0288 e. The van der Waals surface area contributed by atoms with Crippen molar-refractivity contribution in [2.75, 3.05) is 0 Å². The first kappa shape index (κ1) is 15.1. The summed E-state index contributed by atoms with van der Waals surface area (Å²) in [5.74, 6) is 0. The van der Waals surface area contributed by atoms with Gasteiger partial charge in [0, 0.05) is 12.1 Å². The molecule has 2 unspecified atom stereocenters. The average molecular weight is 263 g/mol. The van der Waals surface area contributed by atoms with E-state index < -0.39 is 0 Å². The molecule has 2 atom stereocenters. The van der Waals surface area contributed by atoms with Crippen molar-refractivity contribution in [1.29, 1.82) is 0 Å². The van der Waals surface area contributed by atoms with E-state index in [-0.39, 0.29) is 0 Å². The molecular formula is C18H33N. The number of unbranched alkanes of at least 4 members (excludes halogenated alkanes) is 6. The van der Waals surface area contributed by atoms with Crippen LogP contribution >= 0.6 is 0 Å². The van der Waals surface area contributed by atoms with Gasteiger partial charge in [-0.15, -0.1) is 0 Å². The first-order chi connectivity index (χ1) is 9.36. The third kappa shape index (κ3) is 4.08. The van der Waals surface area contributed by atoms with Gasteiger partial charge in [0.05, 0.1) is 0 Å². The van der Waals surface area contributed by atoms with E-state index in [1.165, 1.54) is 77.0 Å². The minimum atomic E-state index is 0.771. The molecule has 1 heteroatoms. The van der Waals surface area contributed by atoms with Crippen molar-refractivity contribution in [2.24, 2.45) is 0 Å². The maximum Gasteiger partial charge on any atom is 0.0288 e. The van der Waals surface area contributed by atoms with Crippen LogP contribution in [0.15, 0.2) is 11.1 Å². The Hall–Kier alpha value is -0.300. The molecule has 0 saturated carbocycles. The minimum absolute atomic E-state index is 0.771. The molecule has 1 N–H and O–H groups in total. The van der Waals surface area contributed by atoms with Gasteiger partial charge in [0.25, 0.3) is 0 Å². The van der Waals surface area contributed by atoms with E-state index in [0.717, 1.165) is 12.1 Å². The maximum atomic E-state index is 3.84. The fourth-order valence-corrected chi connectivity index (χ4v) is 3.89. The average Bonchev–Trinajstić information content (AvgIpc) is 3.01. The van der Waals surface area contributed by atoms with Gasteiger partial charge in [-0.1, -0.05) is 63.5 Å². The molecule has 0 spiro atoms. The Morgan fingerprint density at radius 2 is 1.21 bits per heavy atom. The topological polar surface area (TPSA) is 12.0 Å². The molecule has 110 valence electrons. The molecule has 0 amide bonds. The van der Waals surface area contributed by atoms with Gasteiger partial charge in [0.1, 0.15) is 0 Å². The van der Waals surface area contributed by atoms with Gasteiger partial charge in [-0.3, -0.25) is 0 Å². The molecule has 19 heavy (non-hydrogen) atoms. The number of fused-ring (bicyclic) bond motifs is 2. The van der Waals surface area contributed by atoms with Crippen molar-refractivity contribution in [3.05, 3.63) is 11.1 Å². The Balaban J connectivity index is 1.81. The van der Waals surface area contributed by atoms with Crippen molar-refractivity contribution >= 4 is 0 Å². The zero-order valence-corrected chi connectivity index (χ0v) is 13.1. The van der Waals surface area contributed by atoms with Gasteiger partial charge in [-0.05, 0) is 38.5 Å². The van der Waals surface area contributed by atoms with Crippen LogP contribution in [0.3, 0.4) is 0 Å². The molecule has 1 saturated heterocycles. The Labute approximate surface area is 120 Å². The Morgan fingerprint density at radius 1 is 0.737 bits per heavy atom. The molecular weight excluding hydrogens is 230 g/mol. The summed E-state index contributed by atoms with van der Waals surface area (Å²) in [6.07, 6.45) is 16.8. The lowest BCUT2D eigenvalue weighted by atomic mass is 9.86. The Kier molecular flexibility index (Phi) is 6.43. The largest absolute Gasteiger partial charge is 0.304 e. The molecule has 0 aromatic heterocycles. The molecule has 2 heterocycles. The highest BCUT2D eigenvalue weighted by Crippen LogP contribution is 2.38. The zero-order valence-electron chi connectivity index (χ0n) is 13.1. The van der Waals surface area contributed by atoms with Gasteiger partial charge < -0.3 is 5.32 Å². The molecule has 2 aliphatic rings. The van der Waals surface area contributed by atoms with Crippen LogP contribution in [0, 0.1) is 0 Å². The zero-order chi connectivity index (χ0) is 13.5. The highest BCUT2D eigenvalue weighted by Gasteiger charge is 2.37. The predicted octanol–water partition coefficient (Wildman–Crippen LogP) is 5.36. The standard InChI is InChI=1S/C18H33N/c1-3-5-7-9-11-15-16(12-10-8-6-4-2)18-14-13-17(15)19-18/h17-19H,3-14H2,1-2H3. The quantitative estimate of drug-likeness (QED) is 0.413. The van der Waals surface area contributed by atoms with E-state index in [1.54, 1.807) is 0 Å². The molecule has 2 aliphatic heterocycles. The number of hydrogen-bond acceptors (Lipinski definition) is 1. The normalized spacial score (nSPS) is 25.6. The Morgan fingerprint density at radius 3 is 1.63 bits per heavy atom. The van der Waals surface area contributed by atoms with E-state index >= 15 is 0 Å². The van der Waals surface area contributed by atoms with E-state index in [9.17, 15) is 0 Å². The molecule has 0 aromatic carbocycles. The van der Waals surface area contributed by atoms with Gasteiger partial charge >= 0.3 is 0 Å². The summed E-state index contributed by atoms with van der Waals surface area (Å²) in [4.78, 5) is 0. The Bertz CT molecular complexity index is 264. The fraction of sp³-hybridized carbons (Fsp3) is 0.889. The second-order valence-corrected chi connectivity index (χ2v) is 6.52. The molecule has 1 nitrogen and oxygen atoms in total. The summed E-state index contributed by atoms with van der Waals surface area (Å²) in [5.41, 5.74) is 3.67. The lowest BCUT2D eigenvalue weighted by Crippen LogP contribution is -2.22. The molecule has 0 aliphatic carbocycles. The van der Waals surface area contributed by atoms with E-state index in [2.05, 4.69) is 19.2 Å². The van der Waals surface area contributed by atoms with Crippen LogP contribution < -0.4 is 5.32 Å². The van der Waals surface area contributed by atoms with Gasteiger partial charge in [0.2, 0.25) is 0 Å². The van der Waals surface area contributed by atoms with Crippen molar-refractivity contribution < 1.29 is 0 Å². The van der Waals surface area contributed by atoms with Gasteiger partial charge in [-0.2, -0.15) is 0 Å². The summed E-state index contributed by atoms with van der Waals surface area (Å²) < 4.78 is 0. The molecule has 2 bridgehead atoms. The van der Waals surface area contributed by atoms with Crippen LogP contribution in [0.5, 0.6) is 0 Å². The SMILES string of the molecule is CCCCCCC1=C(CCCCCC)C2CCC1N2. The summed E-state index contributed by atoms with van der Waals surface area (Å²) in [7, 11) is 0. The van der Waals surface area contributed by atoms with Crippen LogP contribution in [0.25, 0.3) is 0 Å². The van der Waals surface area contributed by atoms with E-state index in [0.29, 0.717) is 0 Å². The highest BCUT2D eigenvalue weighted by molar-refractivity contribution is 5.34. The lowest BCUT2D eigenvalue weighted by Gasteiger charge is -2.18. The lowest BCUT2D eigenvalue weighted by molar-refractivity contribution is 0.607. The van der Waals surface area contributed by atoms with Crippen molar-refractivity contribution in [2.45, 2.75) is 103 Å². The third-order valence-electron chi connectivity index (χ3n) is 5.00. The van der Waals surface area contributed by atoms with Crippen molar-refractivity contribution in [1.82, 2.24) is 5.32 Å². The molecule has 0 aromatic rings. The van der Waals surface area contributed by atoms with Crippen LogP contribution in [0.1, 0.15) is 90.9 Å². The van der Waals surface area contributed by atoms with E-state index in [1.807, 2.05) is 11.1 Å². The number of hydrogen-bond donors (Lipinski definition) is 1. The van der Waals surface area contributed by atoms with Crippen molar-refractivity contribution in [3.8, 4) is 0 Å².